The average molecular weight is 527 g/mol. The van der Waals surface area contributed by atoms with E-state index in [1.54, 1.807) is 64.5 Å². The first-order chi connectivity index (χ1) is 16.5. The minimum Gasteiger partial charge on any atom is -0.469 e. The average Bonchev–Trinajstić information content (AvgIpc) is 3.09. The normalized spacial score (nSPS) is 13.2. The van der Waals surface area contributed by atoms with E-state index in [4.69, 9.17) is 13.9 Å². The van der Waals surface area contributed by atoms with Crippen LogP contribution in [0.1, 0.15) is 59.3 Å². The summed E-state index contributed by atoms with van der Waals surface area (Å²) in [5.74, 6) is -0.863. The topological polar surface area (TPSA) is 150 Å². The molecule has 0 aliphatic carbocycles. The van der Waals surface area contributed by atoms with Crippen LogP contribution in [-0.4, -0.2) is 50.8 Å². The lowest BCUT2D eigenvalue weighted by Crippen LogP contribution is -2.51. The van der Waals surface area contributed by atoms with E-state index in [1.165, 1.54) is 7.11 Å². The van der Waals surface area contributed by atoms with Crippen molar-refractivity contribution >= 4 is 39.2 Å². The van der Waals surface area contributed by atoms with Crippen LogP contribution < -0.4 is 9.44 Å². The molecular formula is C24H34N2O9S. The van der Waals surface area contributed by atoms with Gasteiger partial charge in [-0.15, -0.1) is 0 Å². The quantitative estimate of drug-likeness (QED) is 0.371. The Balaban J connectivity index is 2.24. The molecule has 1 amide bonds. The van der Waals surface area contributed by atoms with Crippen LogP contribution in [0.2, 0.25) is 0 Å². The van der Waals surface area contributed by atoms with Gasteiger partial charge in [0.15, 0.2) is 0 Å². The van der Waals surface area contributed by atoms with Crippen molar-refractivity contribution in [2.75, 3.05) is 7.11 Å². The molecule has 0 spiro atoms. The fraction of sp³-hybridized carbons (Fsp3) is 0.542. The Morgan fingerprint density at radius 1 is 1.00 bits per heavy atom. The molecule has 1 aromatic carbocycles. The van der Waals surface area contributed by atoms with Gasteiger partial charge in [-0.3, -0.25) is 9.59 Å². The molecule has 0 saturated heterocycles. The van der Waals surface area contributed by atoms with Gasteiger partial charge in [-0.2, -0.15) is 13.1 Å². The van der Waals surface area contributed by atoms with Gasteiger partial charge in [-0.1, -0.05) is 6.07 Å². The number of carbonyl (C=O) groups excluding carboxylic acids is 3. The molecule has 12 heteroatoms. The SMILES string of the molecule is COC(=O)CCc1ccc2oc(CC(NS(=O)(=O)NC(=O)OC(C)(C)C)C(=O)OC(C)(C)C)cc2c1. The number of carbonyl (C=O) groups is 3. The van der Waals surface area contributed by atoms with Gasteiger partial charge in [0.1, 0.15) is 28.6 Å². The molecule has 2 rings (SSSR count). The van der Waals surface area contributed by atoms with E-state index in [2.05, 4.69) is 9.46 Å². The molecule has 2 N–H and O–H groups in total. The molecule has 0 bridgehead atoms. The fourth-order valence-corrected chi connectivity index (χ4v) is 4.00. The molecule has 1 unspecified atom stereocenters. The van der Waals surface area contributed by atoms with Crippen molar-refractivity contribution in [3.63, 3.8) is 0 Å². The highest BCUT2D eigenvalue weighted by Crippen LogP contribution is 2.23. The second-order valence-corrected chi connectivity index (χ2v) is 11.6. The summed E-state index contributed by atoms with van der Waals surface area (Å²) in [6.07, 6.45) is -0.683. The monoisotopic (exact) mass is 526 g/mol. The second kappa shape index (κ2) is 11.3. The van der Waals surface area contributed by atoms with Crippen LogP contribution in [0.3, 0.4) is 0 Å². The highest BCUT2D eigenvalue weighted by molar-refractivity contribution is 7.88. The number of ether oxygens (including phenoxy) is 3. The van der Waals surface area contributed by atoms with E-state index in [1.807, 2.05) is 6.07 Å². The number of fused-ring (bicyclic) bond motifs is 1. The maximum Gasteiger partial charge on any atom is 0.422 e. The third-order valence-corrected chi connectivity index (χ3v) is 5.52. The molecule has 200 valence electrons. The molecule has 1 aromatic heterocycles. The smallest absolute Gasteiger partial charge is 0.422 e. The Morgan fingerprint density at radius 2 is 1.64 bits per heavy atom. The van der Waals surface area contributed by atoms with Crippen molar-refractivity contribution < 1.29 is 41.4 Å². The maximum atomic E-state index is 12.8. The van der Waals surface area contributed by atoms with Gasteiger partial charge < -0.3 is 18.6 Å². The lowest BCUT2D eigenvalue weighted by atomic mass is 10.1. The Hall–Kier alpha value is -3.12. The fourth-order valence-electron chi connectivity index (χ4n) is 3.12. The van der Waals surface area contributed by atoms with Gasteiger partial charge in [0.25, 0.3) is 0 Å². The van der Waals surface area contributed by atoms with Gasteiger partial charge in [-0.05, 0) is 71.7 Å². The van der Waals surface area contributed by atoms with Crippen LogP contribution >= 0.6 is 0 Å². The highest BCUT2D eigenvalue weighted by Gasteiger charge is 2.32. The molecule has 11 nitrogen and oxygen atoms in total. The van der Waals surface area contributed by atoms with Crippen LogP contribution in [0.25, 0.3) is 11.0 Å². The van der Waals surface area contributed by atoms with E-state index >= 15 is 0 Å². The summed E-state index contributed by atoms with van der Waals surface area (Å²) in [5.41, 5.74) is -0.411. The summed E-state index contributed by atoms with van der Waals surface area (Å²) in [7, 11) is -3.16. The van der Waals surface area contributed by atoms with Crippen LogP contribution in [0, 0.1) is 0 Å². The summed E-state index contributed by atoms with van der Waals surface area (Å²) >= 11 is 0. The number of benzene rings is 1. The minimum atomic E-state index is -4.49. The number of hydrogen-bond acceptors (Lipinski definition) is 9. The van der Waals surface area contributed by atoms with Crippen LogP contribution in [-0.2, 0) is 46.9 Å². The van der Waals surface area contributed by atoms with Gasteiger partial charge in [0, 0.05) is 18.2 Å². The summed E-state index contributed by atoms with van der Waals surface area (Å²) in [6, 6.07) is 5.63. The van der Waals surface area contributed by atoms with Crippen LogP contribution in [0.5, 0.6) is 0 Å². The Kier molecular flexibility index (Phi) is 9.13. The van der Waals surface area contributed by atoms with Crippen molar-refractivity contribution in [3.8, 4) is 0 Å². The van der Waals surface area contributed by atoms with E-state index in [0.717, 1.165) is 5.56 Å². The molecule has 0 aliphatic rings. The number of esters is 2. The van der Waals surface area contributed by atoms with Crippen molar-refractivity contribution in [2.45, 2.75) is 78.0 Å². The number of hydrogen-bond donors (Lipinski definition) is 2. The molecular weight excluding hydrogens is 492 g/mol. The first kappa shape index (κ1) is 29.1. The van der Waals surface area contributed by atoms with E-state index in [0.29, 0.717) is 23.2 Å². The number of amides is 1. The van der Waals surface area contributed by atoms with Gasteiger partial charge in [0.2, 0.25) is 0 Å². The second-order valence-electron chi connectivity index (χ2n) is 10.2. The molecule has 1 heterocycles. The zero-order valence-electron chi connectivity index (χ0n) is 21.6. The number of rotatable bonds is 9. The maximum absolute atomic E-state index is 12.8. The number of nitrogens with one attached hydrogen (secondary N) is 2. The lowest BCUT2D eigenvalue weighted by molar-refractivity contribution is -0.157. The summed E-state index contributed by atoms with van der Waals surface area (Å²) in [4.78, 5) is 36.2. The minimum absolute atomic E-state index is 0.184. The molecule has 2 aromatic rings. The van der Waals surface area contributed by atoms with Crippen molar-refractivity contribution in [3.05, 3.63) is 35.6 Å². The predicted molar refractivity (Wildman–Crippen MR) is 131 cm³/mol. The van der Waals surface area contributed by atoms with Crippen molar-refractivity contribution in [2.24, 2.45) is 0 Å². The Labute approximate surface area is 211 Å². The molecule has 0 aliphatic heterocycles. The summed E-state index contributed by atoms with van der Waals surface area (Å²) in [5, 5.41) is 0.713. The predicted octanol–water partition coefficient (Wildman–Crippen LogP) is 3.15. The summed E-state index contributed by atoms with van der Waals surface area (Å²) < 4.78 is 49.8. The van der Waals surface area contributed by atoms with Crippen LogP contribution in [0.15, 0.2) is 28.7 Å². The molecule has 0 fully saturated rings. The molecule has 0 radical (unpaired) electrons. The highest BCUT2D eigenvalue weighted by atomic mass is 32.2. The third kappa shape index (κ3) is 9.86. The number of aryl methyl sites for hydroxylation is 1. The van der Waals surface area contributed by atoms with E-state index < -0.39 is 39.5 Å². The number of methoxy groups -OCH3 is 1. The molecule has 0 saturated carbocycles. The lowest BCUT2D eigenvalue weighted by Gasteiger charge is -2.24. The third-order valence-electron chi connectivity index (χ3n) is 4.49. The van der Waals surface area contributed by atoms with Crippen molar-refractivity contribution in [1.82, 2.24) is 9.44 Å². The Morgan fingerprint density at radius 3 is 2.22 bits per heavy atom. The number of furan rings is 1. The molecule has 1 atom stereocenters. The zero-order chi connectivity index (χ0) is 27.3. The largest absolute Gasteiger partial charge is 0.469 e. The van der Waals surface area contributed by atoms with Gasteiger partial charge >= 0.3 is 28.2 Å². The van der Waals surface area contributed by atoms with Gasteiger partial charge in [-0.25, -0.2) is 9.52 Å². The van der Waals surface area contributed by atoms with Crippen LogP contribution in [0.4, 0.5) is 4.79 Å². The van der Waals surface area contributed by atoms with Crippen molar-refractivity contribution in [1.29, 1.82) is 0 Å². The zero-order valence-corrected chi connectivity index (χ0v) is 22.4. The first-order valence-electron chi connectivity index (χ1n) is 11.3. The van der Waals surface area contributed by atoms with E-state index in [-0.39, 0.29) is 18.8 Å². The standard InChI is InChI=1S/C24H34N2O9S/c1-23(2,3)34-21(28)18(25-36(30,31)26-22(29)35-24(4,5)6)14-17-13-16-12-15(8-10-19(16)33-17)9-11-20(27)32-7/h8,10,12-13,18,25H,9,11,14H2,1-7H3,(H,26,29). The van der Waals surface area contributed by atoms with E-state index in [9.17, 15) is 22.8 Å². The van der Waals surface area contributed by atoms with Gasteiger partial charge in [0.05, 0.1) is 7.11 Å². The summed E-state index contributed by atoms with van der Waals surface area (Å²) in [6.45, 7) is 9.68. The Bertz CT molecular complexity index is 1200. The first-order valence-corrected chi connectivity index (χ1v) is 12.8. The molecule has 36 heavy (non-hydrogen) atoms.